The summed E-state index contributed by atoms with van der Waals surface area (Å²) in [6, 6.07) is 0. The average Bonchev–Trinajstić information content (AvgIpc) is 2.70. The number of unbranched alkanes of at least 4 members (excludes halogenated alkanes) is 1. The highest BCUT2D eigenvalue weighted by molar-refractivity contribution is 5.17. The fourth-order valence-electron chi connectivity index (χ4n) is 3.62. The lowest BCUT2D eigenvalue weighted by Gasteiger charge is -2.26. The second kappa shape index (κ2) is 6.80. The quantitative estimate of drug-likeness (QED) is 0.726. The molecule has 114 valence electrons. The zero-order valence-electron chi connectivity index (χ0n) is 13.9. The second-order valence-electron chi connectivity index (χ2n) is 7.28. The molecule has 0 saturated carbocycles. The van der Waals surface area contributed by atoms with Crippen LogP contribution in [0.5, 0.6) is 0 Å². The van der Waals surface area contributed by atoms with Gasteiger partial charge in [0.25, 0.3) is 0 Å². The molecule has 20 heavy (non-hydrogen) atoms. The van der Waals surface area contributed by atoms with Crippen LogP contribution < -0.4 is 0 Å². The average molecular weight is 276 g/mol. The number of nitrogens with zero attached hydrogens (tertiary/aromatic N) is 2. The van der Waals surface area contributed by atoms with E-state index in [9.17, 15) is 0 Å². The minimum Gasteiger partial charge on any atom is -0.374 e. The van der Waals surface area contributed by atoms with Crippen LogP contribution in [0.15, 0.2) is 23.9 Å². The fourth-order valence-corrected chi connectivity index (χ4v) is 3.62. The van der Waals surface area contributed by atoms with Crippen LogP contribution in [0.3, 0.4) is 0 Å². The molecule has 0 aromatic heterocycles. The van der Waals surface area contributed by atoms with Gasteiger partial charge in [0.1, 0.15) is 0 Å². The molecule has 2 aliphatic rings. The summed E-state index contributed by atoms with van der Waals surface area (Å²) >= 11 is 0. The van der Waals surface area contributed by atoms with E-state index in [-0.39, 0.29) is 0 Å². The van der Waals surface area contributed by atoms with Gasteiger partial charge in [-0.3, -0.25) is 0 Å². The van der Waals surface area contributed by atoms with Crippen molar-refractivity contribution in [3.05, 3.63) is 23.9 Å². The van der Waals surface area contributed by atoms with E-state index in [2.05, 4.69) is 55.8 Å². The topological polar surface area (TPSA) is 6.48 Å². The van der Waals surface area contributed by atoms with Gasteiger partial charge in [-0.25, -0.2) is 0 Å². The Labute approximate surface area is 125 Å². The normalized spacial score (nSPS) is 26.1. The minimum absolute atomic E-state index is 0.502. The van der Waals surface area contributed by atoms with Gasteiger partial charge >= 0.3 is 0 Å². The standard InChI is InChI=1S/C18H32N2/c1-5-6-9-16-14-20(15-18(16,2)3)13-11-17-10-7-8-12-19(17)4/h7-8,10,16H,5-6,9,11-15H2,1-4H3. The van der Waals surface area contributed by atoms with Crippen LogP contribution in [0.2, 0.25) is 0 Å². The number of allylic oxidation sites excluding steroid dienone is 2. The van der Waals surface area contributed by atoms with Gasteiger partial charge in [-0.15, -0.1) is 0 Å². The molecular formula is C18H32N2. The number of hydrogen-bond acceptors (Lipinski definition) is 2. The van der Waals surface area contributed by atoms with E-state index in [1.807, 2.05) is 0 Å². The van der Waals surface area contributed by atoms with Crippen LogP contribution in [0, 0.1) is 11.3 Å². The smallest absolute Gasteiger partial charge is 0.0356 e. The van der Waals surface area contributed by atoms with Gasteiger partial charge in [0.05, 0.1) is 0 Å². The molecule has 2 nitrogen and oxygen atoms in total. The lowest BCUT2D eigenvalue weighted by Crippen LogP contribution is -2.27. The molecule has 0 aliphatic carbocycles. The van der Waals surface area contributed by atoms with Gasteiger partial charge in [0.2, 0.25) is 0 Å². The van der Waals surface area contributed by atoms with Crippen molar-refractivity contribution < 1.29 is 0 Å². The summed E-state index contributed by atoms with van der Waals surface area (Å²) in [7, 11) is 2.20. The maximum Gasteiger partial charge on any atom is 0.0356 e. The van der Waals surface area contributed by atoms with Crippen molar-refractivity contribution in [3.63, 3.8) is 0 Å². The third-order valence-corrected chi connectivity index (χ3v) is 5.10. The second-order valence-corrected chi connectivity index (χ2v) is 7.28. The lowest BCUT2D eigenvalue weighted by atomic mass is 9.79. The van der Waals surface area contributed by atoms with E-state index in [4.69, 9.17) is 0 Å². The molecule has 2 rings (SSSR count). The molecule has 0 spiro atoms. The Morgan fingerprint density at radius 3 is 2.85 bits per heavy atom. The van der Waals surface area contributed by atoms with Crippen LogP contribution in [0.4, 0.5) is 0 Å². The van der Waals surface area contributed by atoms with Crippen molar-refractivity contribution in [2.24, 2.45) is 11.3 Å². The Balaban J connectivity index is 1.82. The van der Waals surface area contributed by atoms with Crippen LogP contribution in [-0.4, -0.2) is 43.0 Å². The van der Waals surface area contributed by atoms with E-state index >= 15 is 0 Å². The van der Waals surface area contributed by atoms with Crippen molar-refractivity contribution in [2.75, 3.05) is 33.2 Å². The van der Waals surface area contributed by atoms with Crippen LogP contribution in [0.25, 0.3) is 0 Å². The molecule has 2 heterocycles. The first-order valence-electron chi connectivity index (χ1n) is 8.32. The molecule has 2 heteroatoms. The Morgan fingerprint density at radius 1 is 1.35 bits per heavy atom. The number of likely N-dealkylation sites (tertiary alicyclic amines) is 1. The molecule has 2 aliphatic heterocycles. The summed E-state index contributed by atoms with van der Waals surface area (Å²) in [6.07, 6.45) is 12.0. The van der Waals surface area contributed by atoms with Gasteiger partial charge in [-0.1, -0.05) is 45.8 Å². The highest BCUT2D eigenvalue weighted by Crippen LogP contribution is 2.38. The predicted molar refractivity (Wildman–Crippen MR) is 87.7 cm³/mol. The van der Waals surface area contributed by atoms with E-state index in [1.54, 1.807) is 0 Å². The largest absolute Gasteiger partial charge is 0.374 e. The lowest BCUT2D eigenvalue weighted by molar-refractivity contribution is 0.259. The minimum atomic E-state index is 0.502. The maximum absolute atomic E-state index is 2.69. The highest BCUT2D eigenvalue weighted by Gasteiger charge is 2.38. The molecule has 0 N–H and O–H groups in total. The summed E-state index contributed by atoms with van der Waals surface area (Å²) in [5.41, 5.74) is 1.99. The van der Waals surface area contributed by atoms with Crippen molar-refractivity contribution in [1.29, 1.82) is 0 Å². The molecule has 0 aromatic rings. The van der Waals surface area contributed by atoms with Crippen molar-refractivity contribution in [2.45, 2.75) is 46.5 Å². The molecule has 0 radical (unpaired) electrons. The van der Waals surface area contributed by atoms with E-state index in [0.29, 0.717) is 5.41 Å². The first-order chi connectivity index (χ1) is 9.53. The van der Waals surface area contributed by atoms with Gasteiger partial charge < -0.3 is 9.80 Å². The third kappa shape index (κ3) is 3.88. The van der Waals surface area contributed by atoms with Crippen LogP contribution >= 0.6 is 0 Å². The molecule has 1 unspecified atom stereocenters. The van der Waals surface area contributed by atoms with Crippen molar-refractivity contribution in [1.82, 2.24) is 9.80 Å². The Hall–Kier alpha value is -0.760. The molecule has 0 aromatic carbocycles. The Bertz CT molecular complexity index is 368. The maximum atomic E-state index is 2.69. The van der Waals surface area contributed by atoms with E-state index in [0.717, 1.165) is 12.5 Å². The zero-order chi connectivity index (χ0) is 14.6. The first-order valence-corrected chi connectivity index (χ1v) is 8.32. The summed E-state index contributed by atoms with van der Waals surface area (Å²) in [6.45, 7) is 12.1. The first kappa shape index (κ1) is 15.6. The number of likely N-dealkylation sites (N-methyl/N-ethyl adjacent to an activating group) is 1. The van der Waals surface area contributed by atoms with Crippen molar-refractivity contribution in [3.8, 4) is 0 Å². The summed E-state index contributed by atoms with van der Waals surface area (Å²) in [4.78, 5) is 5.06. The van der Waals surface area contributed by atoms with Gasteiger partial charge in [-0.2, -0.15) is 0 Å². The fraction of sp³-hybridized carbons (Fsp3) is 0.778. The van der Waals surface area contributed by atoms with Gasteiger partial charge in [0.15, 0.2) is 0 Å². The van der Waals surface area contributed by atoms with Crippen molar-refractivity contribution >= 4 is 0 Å². The van der Waals surface area contributed by atoms with Gasteiger partial charge in [-0.05, 0) is 23.8 Å². The van der Waals surface area contributed by atoms with E-state index in [1.165, 1.54) is 51.0 Å². The highest BCUT2D eigenvalue weighted by atomic mass is 15.2. The van der Waals surface area contributed by atoms with E-state index < -0.39 is 0 Å². The SMILES string of the molecule is CCCCC1CN(CCC2=CC=CCN2C)CC1(C)C. The number of rotatable bonds is 6. The van der Waals surface area contributed by atoms with Crippen LogP contribution in [-0.2, 0) is 0 Å². The molecular weight excluding hydrogens is 244 g/mol. The summed E-state index contributed by atoms with van der Waals surface area (Å²) in [5.74, 6) is 0.889. The third-order valence-electron chi connectivity index (χ3n) is 5.10. The monoisotopic (exact) mass is 276 g/mol. The summed E-state index contributed by atoms with van der Waals surface area (Å²) in [5, 5.41) is 0. The zero-order valence-corrected chi connectivity index (χ0v) is 13.9. The predicted octanol–water partition coefficient (Wildman–Crippen LogP) is 3.91. The Kier molecular flexibility index (Phi) is 5.31. The van der Waals surface area contributed by atoms with Gasteiger partial charge in [0, 0.05) is 45.3 Å². The summed E-state index contributed by atoms with van der Waals surface area (Å²) < 4.78 is 0. The van der Waals surface area contributed by atoms with Crippen LogP contribution in [0.1, 0.15) is 46.5 Å². The number of hydrogen-bond donors (Lipinski definition) is 0. The molecule has 0 amide bonds. The molecule has 1 saturated heterocycles. The molecule has 1 atom stereocenters. The molecule has 0 bridgehead atoms. The molecule has 1 fully saturated rings. The Morgan fingerprint density at radius 2 is 2.15 bits per heavy atom.